The average Bonchev–Trinajstić information content (AvgIpc) is 2.61. The van der Waals surface area contributed by atoms with Crippen LogP contribution in [0.2, 0.25) is 5.02 Å². The molecule has 2 atom stereocenters. The minimum Gasteiger partial charge on any atom is -0.493 e. The lowest BCUT2D eigenvalue weighted by molar-refractivity contribution is -0.159. The van der Waals surface area contributed by atoms with Crippen LogP contribution in [0, 0.1) is 0 Å². The van der Waals surface area contributed by atoms with Gasteiger partial charge in [0.1, 0.15) is 5.75 Å². The van der Waals surface area contributed by atoms with E-state index in [1.165, 1.54) is 5.56 Å². The SMILES string of the molecule is CC1CN(CCCCOc2ccc(Cl)cc2C(C)(C)C)CC(C)O1.O=C(O)C(=O)O. The largest absolute Gasteiger partial charge is 0.493 e. The van der Waals surface area contributed by atoms with Crippen molar-refractivity contribution in [2.75, 3.05) is 26.2 Å². The Morgan fingerprint density at radius 1 is 1.13 bits per heavy atom. The Bertz CT molecular complexity index is 681. The molecule has 0 amide bonds. The number of nitrogens with zero attached hydrogens (tertiary/aromatic N) is 1. The molecule has 1 saturated heterocycles. The summed E-state index contributed by atoms with van der Waals surface area (Å²) >= 11 is 6.14. The second-order valence-corrected chi connectivity index (χ2v) is 9.01. The van der Waals surface area contributed by atoms with E-state index in [1.54, 1.807) is 0 Å². The van der Waals surface area contributed by atoms with Crippen molar-refractivity contribution in [1.82, 2.24) is 4.90 Å². The van der Waals surface area contributed by atoms with E-state index in [-0.39, 0.29) is 5.41 Å². The molecular weight excluding hydrogens is 410 g/mol. The van der Waals surface area contributed by atoms with Crippen molar-refractivity contribution < 1.29 is 29.3 Å². The number of rotatable bonds is 6. The van der Waals surface area contributed by atoms with Crippen LogP contribution >= 0.6 is 11.6 Å². The molecule has 1 aliphatic heterocycles. The maximum absolute atomic E-state index is 9.10. The number of morpholine rings is 1. The smallest absolute Gasteiger partial charge is 0.414 e. The molecule has 0 aliphatic carbocycles. The number of halogens is 1. The number of carboxylic acids is 2. The molecule has 30 heavy (non-hydrogen) atoms. The highest BCUT2D eigenvalue weighted by Crippen LogP contribution is 2.33. The summed E-state index contributed by atoms with van der Waals surface area (Å²) in [5.41, 5.74) is 1.20. The van der Waals surface area contributed by atoms with Crippen molar-refractivity contribution in [3.05, 3.63) is 28.8 Å². The molecule has 2 rings (SSSR count). The van der Waals surface area contributed by atoms with Crippen LogP contribution in [0.4, 0.5) is 0 Å². The van der Waals surface area contributed by atoms with Gasteiger partial charge in [0, 0.05) is 23.7 Å². The van der Waals surface area contributed by atoms with Crippen molar-refractivity contribution >= 4 is 23.5 Å². The fourth-order valence-corrected chi connectivity index (χ4v) is 3.47. The fourth-order valence-electron chi connectivity index (χ4n) is 3.30. The van der Waals surface area contributed by atoms with Crippen LogP contribution in [0.5, 0.6) is 5.75 Å². The van der Waals surface area contributed by atoms with Crippen LogP contribution < -0.4 is 4.74 Å². The van der Waals surface area contributed by atoms with Crippen LogP contribution in [0.3, 0.4) is 0 Å². The predicted molar refractivity (Wildman–Crippen MR) is 117 cm³/mol. The van der Waals surface area contributed by atoms with E-state index in [4.69, 9.17) is 40.9 Å². The Morgan fingerprint density at radius 2 is 1.70 bits per heavy atom. The van der Waals surface area contributed by atoms with Crippen molar-refractivity contribution in [3.63, 3.8) is 0 Å². The second-order valence-electron chi connectivity index (χ2n) is 8.57. The number of carbonyl (C=O) groups is 2. The first-order valence-electron chi connectivity index (χ1n) is 10.2. The first-order valence-corrected chi connectivity index (χ1v) is 10.5. The van der Waals surface area contributed by atoms with Gasteiger partial charge in [-0.05, 0) is 56.8 Å². The Morgan fingerprint density at radius 3 is 2.20 bits per heavy atom. The minimum atomic E-state index is -1.82. The molecule has 1 aromatic carbocycles. The monoisotopic (exact) mass is 443 g/mol. The van der Waals surface area contributed by atoms with Gasteiger partial charge in [0.05, 0.1) is 18.8 Å². The van der Waals surface area contributed by atoms with E-state index >= 15 is 0 Å². The zero-order valence-corrected chi connectivity index (χ0v) is 19.2. The summed E-state index contributed by atoms with van der Waals surface area (Å²) in [6, 6.07) is 5.92. The Balaban J connectivity index is 0.000000656. The molecule has 0 bridgehead atoms. The average molecular weight is 444 g/mol. The van der Waals surface area contributed by atoms with Gasteiger partial charge in [-0.1, -0.05) is 32.4 Å². The maximum Gasteiger partial charge on any atom is 0.414 e. The summed E-state index contributed by atoms with van der Waals surface area (Å²) in [4.78, 5) is 20.7. The number of ether oxygens (including phenoxy) is 2. The number of aliphatic carboxylic acids is 2. The number of carboxylic acid groups (broad SMARTS) is 2. The summed E-state index contributed by atoms with van der Waals surface area (Å²) in [6.07, 6.45) is 2.89. The zero-order chi connectivity index (χ0) is 22.9. The van der Waals surface area contributed by atoms with E-state index in [2.05, 4.69) is 39.5 Å². The molecule has 2 unspecified atom stereocenters. The van der Waals surface area contributed by atoms with Gasteiger partial charge in [-0.15, -0.1) is 0 Å². The minimum absolute atomic E-state index is 0.0281. The topological polar surface area (TPSA) is 96.3 Å². The summed E-state index contributed by atoms with van der Waals surface area (Å²) < 4.78 is 11.8. The highest BCUT2D eigenvalue weighted by atomic mass is 35.5. The molecule has 0 aromatic heterocycles. The first kappa shape index (κ1) is 26.2. The highest BCUT2D eigenvalue weighted by molar-refractivity contribution is 6.30. The number of unbranched alkanes of at least 4 members (excludes halogenated alkanes) is 1. The molecule has 2 N–H and O–H groups in total. The van der Waals surface area contributed by atoms with Crippen LogP contribution in [-0.2, 0) is 19.7 Å². The van der Waals surface area contributed by atoms with Gasteiger partial charge < -0.3 is 19.7 Å². The van der Waals surface area contributed by atoms with Crippen LogP contribution in [-0.4, -0.2) is 65.5 Å². The molecule has 1 fully saturated rings. The molecule has 1 heterocycles. The molecule has 0 radical (unpaired) electrons. The summed E-state index contributed by atoms with van der Waals surface area (Å²) in [5, 5.41) is 15.5. The number of hydrogen-bond acceptors (Lipinski definition) is 5. The van der Waals surface area contributed by atoms with E-state index in [0.29, 0.717) is 12.2 Å². The quantitative estimate of drug-likeness (QED) is 0.505. The summed E-state index contributed by atoms with van der Waals surface area (Å²) in [7, 11) is 0. The Hall–Kier alpha value is -1.83. The Labute approximate surface area is 183 Å². The third-order valence-electron chi connectivity index (χ3n) is 4.55. The maximum atomic E-state index is 9.10. The Kier molecular flexibility index (Phi) is 10.6. The summed E-state index contributed by atoms with van der Waals surface area (Å²) in [6.45, 7) is 14.8. The van der Waals surface area contributed by atoms with Crippen molar-refractivity contribution in [3.8, 4) is 5.75 Å². The van der Waals surface area contributed by atoms with E-state index in [9.17, 15) is 0 Å². The third kappa shape index (κ3) is 9.78. The molecule has 1 aliphatic rings. The third-order valence-corrected chi connectivity index (χ3v) is 4.79. The molecule has 1 aromatic rings. The van der Waals surface area contributed by atoms with Crippen LogP contribution in [0.1, 0.15) is 53.0 Å². The molecule has 0 spiro atoms. The fraction of sp³-hybridized carbons (Fsp3) is 0.636. The lowest BCUT2D eigenvalue weighted by atomic mass is 9.86. The van der Waals surface area contributed by atoms with Gasteiger partial charge in [-0.3, -0.25) is 4.90 Å². The van der Waals surface area contributed by atoms with Crippen molar-refractivity contribution in [2.45, 2.75) is 65.1 Å². The second kappa shape index (κ2) is 12.1. The molecule has 8 heteroatoms. The van der Waals surface area contributed by atoms with Crippen LogP contribution in [0.25, 0.3) is 0 Å². The van der Waals surface area contributed by atoms with Crippen LogP contribution in [0.15, 0.2) is 18.2 Å². The van der Waals surface area contributed by atoms with Gasteiger partial charge in [-0.25, -0.2) is 9.59 Å². The standard InChI is InChI=1S/C20H32ClNO2.C2H2O4/c1-15-13-22(14-16(2)24-15)10-6-7-11-23-19-9-8-17(21)12-18(19)20(3,4)5;3-1(4)2(5)6/h8-9,12,15-16H,6-7,10-11,13-14H2,1-5H3;(H,3,4)(H,5,6). The van der Waals surface area contributed by atoms with Gasteiger partial charge in [0.2, 0.25) is 0 Å². The van der Waals surface area contributed by atoms with Crippen molar-refractivity contribution in [2.24, 2.45) is 0 Å². The zero-order valence-electron chi connectivity index (χ0n) is 18.5. The van der Waals surface area contributed by atoms with E-state index in [0.717, 1.165) is 49.9 Å². The van der Waals surface area contributed by atoms with E-state index in [1.807, 2.05) is 18.2 Å². The molecule has 7 nitrogen and oxygen atoms in total. The van der Waals surface area contributed by atoms with Crippen molar-refractivity contribution in [1.29, 1.82) is 0 Å². The lowest BCUT2D eigenvalue weighted by Crippen LogP contribution is -2.45. The van der Waals surface area contributed by atoms with Gasteiger partial charge in [0.25, 0.3) is 0 Å². The van der Waals surface area contributed by atoms with Gasteiger partial charge in [-0.2, -0.15) is 0 Å². The molecular formula is C22H34ClNO6. The predicted octanol–water partition coefficient (Wildman–Crippen LogP) is 4.06. The summed E-state index contributed by atoms with van der Waals surface area (Å²) in [5.74, 6) is -2.69. The molecule has 0 saturated carbocycles. The van der Waals surface area contributed by atoms with Gasteiger partial charge >= 0.3 is 11.9 Å². The molecule has 170 valence electrons. The van der Waals surface area contributed by atoms with Gasteiger partial charge in [0.15, 0.2) is 0 Å². The highest BCUT2D eigenvalue weighted by Gasteiger charge is 2.22. The number of benzene rings is 1. The number of hydrogen-bond donors (Lipinski definition) is 2. The van der Waals surface area contributed by atoms with E-state index < -0.39 is 11.9 Å². The normalized spacial score (nSPS) is 19.5. The first-order chi connectivity index (χ1) is 13.9. The lowest BCUT2D eigenvalue weighted by Gasteiger charge is -2.35.